The van der Waals surface area contributed by atoms with Crippen LogP contribution in [0.2, 0.25) is 0 Å². The normalized spacial score (nSPS) is 23.8. The van der Waals surface area contributed by atoms with Crippen LogP contribution >= 0.6 is 15.9 Å². The molecular formula is C14H18BrN3. The molecule has 0 bridgehead atoms. The number of nitriles is 1. The Balaban J connectivity index is 2.34. The lowest BCUT2D eigenvalue weighted by atomic mass is 10.0. The molecule has 0 spiro atoms. The maximum atomic E-state index is 8.97. The van der Waals surface area contributed by atoms with Gasteiger partial charge in [0.1, 0.15) is 0 Å². The number of anilines is 1. The second kappa shape index (κ2) is 5.73. The average Bonchev–Trinajstić information content (AvgIpc) is 2.31. The number of nitrogens with one attached hydrogen (secondary N) is 1. The number of hydrogen-bond acceptors (Lipinski definition) is 3. The molecule has 1 aliphatic rings. The van der Waals surface area contributed by atoms with E-state index >= 15 is 0 Å². The molecule has 18 heavy (non-hydrogen) atoms. The van der Waals surface area contributed by atoms with Gasteiger partial charge in [0.2, 0.25) is 0 Å². The molecule has 1 aliphatic heterocycles. The van der Waals surface area contributed by atoms with Gasteiger partial charge in [0.25, 0.3) is 0 Å². The minimum Gasteiger partial charge on any atom is -0.361 e. The number of aryl methyl sites for hydroxylation is 1. The summed E-state index contributed by atoms with van der Waals surface area (Å²) in [7, 11) is 0. The zero-order valence-electron chi connectivity index (χ0n) is 10.8. The zero-order valence-corrected chi connectivity index (χ0v) is 12.4. The van der Waals surface area contributed by atoms with E-state index in [9.17, 15) is 0 Å². The Bertz CT molecular complexity index is 467. The van der Waals surface area contributed by atoms with Crippen molar-refractivity contribution in [2.24, 2.45) is 0 Å². The summed E-state index contributed by atoms with van der Waals surface area (Å²) in [6, 6.07) is 9.34. The van der Waals surface area contributed by atoms with Gasteiger partial charge in [-0.2, -0.15) is 5.26 Å². The lowest BCUT2D eigenvalue weighted by Gasteiger charge is -2.42. The third-order valence-electron chi connectivity index (χ3n) is 3.40. The Morgan fingerprint density at radius 2 is 2.28 bits per heavy atom. The molecule has 96 valence electrons. The third-order valence-corrected chi connectivity index (χ3v) is 4.03. The largest absolute Gasteiger partial charge is 0.361 e. The van der Waals surface area contributed by atoms with Gasteiger partial charge in [-0.05, 0) is 47.5 Å². The van der Waals surface area contributed by atoms with Crippen molar-refractivity contribution in [3.63, 3.8) is 0 Å². The highest BCUT2D eigenvalue weighted by atomic mass is 79.9. The molecule has 1 aromatic carbocycles. The van der Waals surface area contributed by atoms with E-state index < -0.39 is 0 Å². The Hall–Kier alpha value is -1.05. The molecule has 0 saturated carbocycles. The first-order valence-electron chi connectivity index (χ1n) is 6.25. The molecule has 2 rings (SSSR count). The molecule has 3 nitrogen and oxygen atoms in total. The van der Waals surface area contributed by atoms with E-state index in [4.69, 9.17) is 5.26 Å². The smallest absolute Gasteiger partial charge is 0.0643 e. The van der Waals surface area contributed by atoms with E-state index in [1.165, 1.54) is 11.3 Å². The third kappa shape index (κ3) is 2.68. The van der Waals surface area contributed by atoms with Gasteiger partial charge in [-0.3, -0.25) is 0 Å². The van der Waals surface area contributed by atoms with E-state index in [1.807, 2.05) is 0 Å². The van der Waals surface area contributed by atoms with Crippen molar-refractivity contribution in [1.29, 1.82) is 5.26 Å². The molecule has 0 aromatic heterocycles. The summed E-state index contributed by atoms with van der Waals surface area (Å²) in [6.45, 7) is 6.12. The molecule has 1 N–H and O–H groups in total. The first kappa shape index (κ1) is 13.4. The van der Waals surface area contributed by atoms with Crippen LogP contribution in [-0.4, -0.2) is 25.2 Å². The summed E-state index contributed by atoms with van der Waals surface area (Å²) < 4.78 is 1.11. The fourth-order valence-corrected chi connectivity index (χ4v) is 3.24. The van der Waals surface area contributed by atoms with E-state index in [1.54, 1.807) is 0 Å². The maximum absolute atomic E-state index is 8.97. The minimum atomic E-state index is 0.248. The summed E-state index contributed by atoms with van der Waals surface area (Å²) in [5, 5.41) is 12.4. The van der Waals surface area contributed by atoms with Gasteiger partial charge in [0.15, 0.2) is 0 Å². The molecule has 0 aliphatic carbocycles. The van der Waals surface area contributed by atoms with Crippen molar-refractivity contribution in [1.82, 2.24) is 5.32 Å². The van der Waals surface area contributed by atoms with Gasteiger partial charge in [0, 0.05) is 23.6 Å². The van der Waals surface area contributed by atoms with Crippen molar-refractivity contribution in [3.8, 4) is 6.07 Å². The minimum absolute atomic E-state index is 0.248. The van der Waals surface area contributed by atoms with E-state index in [-0.39, 0.29) is 6.04 Å². The Morgan fingerprint density at radius 3 is 2.94 bits per heavy atom. The van der Waals surface area contributed by atoms with Gasteiger partial charge in [0.05, 0.1) is 24.2 Å². The van der Waals surface area contributed by atoms with Gasteiger partial charge >= 0.3 is 0 Å². The molecule has 1 aromatic rings. The van der Waals surface area contributed by atoms with Crippen LogP contribution in [0, 0.1) is 18.3 Å². The SMILES string of the molecule is Cc1ccc(N2C(C)CNCC2CC#N)c(Br)c1. The van der Waals surface area contributed by atoms with Gasteiger partial charge < -0.3 is 10.2 Å². The van der Waals surface area contributed by atoms with E-state index in [2.05, 4.69) is 64.3 Å². The predicted molar refractivity (Wildman–Crippen MR) is 77.7 cm³/mol. The molecular weight excluding hydrogens is 290 g/mol. The Morgan fingerprint density at radius 1 is 1.50 bits per heavy atom. The first-order chi connectivity index (χ1) is 8.63. The van der Waals surface area contributed by atoms with Crippen molar-refractivity contribution >= 4 is 21.6 Å². The number of hydrogen-bond donors (Lipinski definition) is 1. The first-order valence-corrected chi connectivity index (χ1v) is 7.05. The molecule has 0 amide bonds. The van der Waals surface area contributed by atoms with Gasteiger partial charge in [-0.25, -0.2) is 0 Å². The summed E-state index contributed by atoms with van der Waals surface area (Å²) in [5.41, 5.74) is 2.43. The van der Waals surface area contributed by atoms with Crippen molar-refractivity contribution < 1.29 is 0 Å². The molecule has 2 unspecified atom stereocenters. The Kier molecular flexibility index (Phi) is 4.26. The van der Waals surface area contributed by atoms with Crippen LogP contribution < -0.4 is 10.2 Å². The molecule has 4 heteroatoms. The average molecular weight is 308 g/mol. The molecule has 0 radical (unpaired) electrons. The highest BCUT2D eigenvalue weighted by Gasteiger charge is 2.28. The highest BCUT2D eigenvalue weighted by molar-refractivity contribution is 9.10. The maximum Gasteiger partial charge on any atom is 0.0643 e. The van der Waals surface area contributed by atoms with Gasteiger partial charge in [-0.1, -0.05) is 6.07 Å². The number of halogens is 1. The van der Waals surface area contributed by atoms with Gasteiger partial charge in [-0.15, -0.1) is 0 Å². The second-order valence-corrected chi connectivity index (χ2v) is 5.74. The van der Waals surface area contributed by atoms with Crippen LogP contribution in [0.3, 0.4) is 0 Å². The van der Waals surface area contributed by atoms with Crippen LogP contribution in [0.4, 0.5) is 5.69 Å². The standard InChI is InChI=1S/C14H18BrN3/c1-10-3-4-14(13(15)7-10)18-11(2)8-17-9-12(18)5-6-16/h3-4,7,11-12,17H,5,8-9H2,1-2H3. The fourth-order valence-electron chi connectivity index (χ4n) is 2.55. The topological polar surface area (TPSA) is 39.1 Å². The van der Waals surface area contributed by atoms with Crippen LogP contribution in [-0.2, 0) is 0 Å². The quantitative estimate of drug-likeness (QED) is 0.913. The van der Waals surface area contributed by atoms with E-state index in [0.29, 0.717) is 12.5 Å². The molecule has 1 saturated heterocycles. The molecule has 1 fully saturated rings. The predicted octanol–water partition coefficient (Wildman–Crippen LogP) is 2.84. The highest BCUT2D eigenvalue weighted by Crippen LogP contribution is 2.31. The number of benzene rings is 1. The monoisotopic (exact) mass is 307 g/mol. The van der Waals surface area contributed by atoms with Crippen LogP contribution in [0.1, 0.15) is 18.9 Å². The molecule has 2 atom stereocenters. The number of rotatable bonds is 2. The van der Waals surface area contributed by atoms with Crippen molar-refractivity contribution in [3.05, 3.63) is 28.2 Å². The Labute approximate surface area is 117 Å². The summed E-state index contributed by atoms with van der Waals surface area (Å²) in [4.78, 5) is 2.36. The summed E-state index contributed by atoms with van der Waals surface area (Å²) in [6.07, 6.45) is 0.553. The molecule has 1 heterocycles. The summed E-state index contributed by atoms with van der Waals surface area (Å²) in [5.74, 6) is 0. The fraction of sp³-hybridized carbons (Fsp3) is 0.500. The summed E-state index contributed by atoms with van der Waals surface area (Å²) >= 11 is 3.64. The van der Waals surface area contributed by atoms with Crippen LogP contribution in [0.5, 0.6) is 0 Å². The number of nitrogens with zero attached hydrogens (tertiary/aromatic N) is 2. The lowest BCUT2D eigenvalue weighted by Crippen LogP contribution is -2.56. The van der Waals surface area contributed by atoms with E-state index in [0.717, 1.165) is 17.6 Å². The zero-order chi connectivity index (χ0) is 13.1. The van der Waals surface area contributed by atoms with Crippen LogP contribution in [0.15, 0.2) is 22.7 Å². The van der Waals surface area contributed by atoms with Crippen LogP contribution in [0.25, 0.3) is 0 Å². The van der Waals surface area contributed by atoms with Crippen molar-refractivity contribution in [2.75, 3.05) is 18.0 Å². The second-order valence-electron chi connectivity index (χ2n) is 4.89. The van der Waals surface area contributed by atoms with Crippen molar-refractivity contribution in [2.45, 2.75) is 32.4 Å². The number of piperazine rings is 1. The lowest BCUT2D eigenvalue weighted by molar-refractivity contribution is 0.417.